The molecule has 1 aromatic rings. The molecule has 2 rings (SSSR count). The number of nitrogens with zero attached hydrogens (tertiary/aromatic N) is 1. The lowest BCUT2D eigenvalue weighted by molar-refractivity contribution is -0.138. The first-order valence-corrected chi connectivity index (χ1v) is 10.5. The summed E-state index contributed by atoms with van der Waals surface area (Å²) in [5, 5.41) is 9.94. The Hall–Kier alpha value is -2.09. The number of phenols is 1. The van der Waals surface area contributed by atoms with Crippen LogP contribution in [0.3, 0.4) is 0 Å². The minimum Gasteiger partial charge on any atom is -0.507 e. The van der Waals surface area contributed by atoms with Crippen LogP contribution in [0.25, 0.3) is 0 Å². The van der Waals surface area contributed by atoms with Crippen molar-refractivity contribution in [2.45, 2.75) is 45.7 Å². The fourth-order valence-corrected chi connectivity index (χ4v) is 4.82. The standard InChI is InChI=1S/C18H25NO6S/c1-4-13(3)19(14-8-9-26(23,24)11-14)16(20)10-25-18(22)15-7-5-6-12(2)17(15)21/h5-7,13-14,21H,4,8-11H2,1-3H3/t13-,14-/m1/s1. The highest BCUT2D eigenvalue weighted by molar-refractivity contribution is 7.91. The molecule has 0 aromatic heterocycles. The molecule has 1 saturated heterocycles. The Morgan fingerprint density at radius 3 is 2.65 bits per heavy atom. The fourth-order valence-electron chi connectivity index (χ4n) is 3.10. The molecule has 1 N–H and O–H groups in total. The van der Waals surface area contributed by atoms with Crippen LogP contribution >= 0.6 is 0 Å². The number of esters is 1. The molecule has 0 aliphatic carbocycles. The second-order valence-electron chi connectivity index (χ2n) is 6.66. The Kier molecular flexibility index (Phi) is 6.28. The lowest BCUT2D eigenvalue weighted by Gasteiger charge is -2.33. The number of amides is 1. The van der Waals surface area contributed by atoms with E-state index in [1.165, 1.54) is 11.0 Å². The van der Waals surface area contributed by atoms with E-state index in [0.29, 0.717) is 18.4 Å². The molecule has 26 heavy (non-hydrogen) atoms. The highest BCUT2D eigenvalue weighted by atomic mass is 32.2. The number of carbonyl (C=O) groups is 2. The molecule has 2 atom stereocenters. The van der Waals surface area contributed by atoms with E-state index in [9.17, 15) is 23.1 Å². The summed E-state index contributed by atoms with van der Waals surface area (Å²) in [6.45, 7) is 4.91. The zero-order chi connectivity index (χ0) is 19.5. The molecule has 1 heterocycles. The molecule has 144 valence electrons. The van der Waals surface area contributed by atoms with Gasteiger partial charge in [0.2, 0.25) is 0 Å². The number of hydrogen-bond donors (Lipinski definition) is 1. The van der Waals surface area contributed by atoms with E-state index in [1.54, 1.807) is 19.1 Å². The summed E-state index contributed by atoms with van der Waals surface area (Å²) < 4.78 is 28.6. The number of aromatic hydroxyl groups is 1. The maximum Gasteiger partial charge on any atom is 0.342 e. The lowest BCUT2D eigenvalue weighted by atomic mass is 10.1. The minimum atomic E-state index is -3.14. The topological polar surface area (TPSA) is 101 Å². The van der Waals surface area contributed by atoms with Crippen molar-refractivity contribution < 1.29 is 27.9 Å². The summed E-state index contributed by atoms with van der Waals surface area (Å²) in [6.07, 6.45) is 1.06. The number of carbonyl (C=O) groups excluding carboxylic acids is 2. The van der Waals surface area contributed by atoms with Gasteiger partial charge in [-0.25, -0.2) is 13.2 Å². The normalized spacial score (nSPS) is 19.7. The summed E-state index contributed by atoms with van der Waals surface area (Å²) in [7, 11) is -3.14. The highest BCUT2D eigenvalue weighted by Crippen LogP contribution is 2.23. The largest absolute Gasteiger partial charge is 0.507 e. The first-order valence-electron chi connectivity index (χ1n) is 8.63. The second-order valence-corrected chi connectivity index (χ2v) is 8.89. The third-order valence-corrected chi connectivity index (χ3v) is 6.49. The molecule has 0 radical (unpaired) electrons. The molecule has 0 spiro atoms. The molecular formula is C18H25NO6S. The van der Waals surface area contributed by atoms with Gasteiger partial charge in [0.05, 0.1) is 11.5 Å². The maximum atomic E-state index is 12.6. The van der Waals surface area contributed by atoms with E-state index < -0.39 is 34.4 Å². The molecule has 1 amide bonds. The Morgan fingerprint density at radius 1 is 1.38 bits per heavy atom. The van der Waals surface area contributed by atoms with Gasteiger partial charge >= 0.3 is 5.97 Å². The Bertz CT molecular complexity index is 789. The van der Waals surface area contributed by atoms with Crippen LogP contribution in [0.4, 0.5) is 0 Å². The SMILES string of the molecule is CC[C@@H](C)N(C(=O)COC(=O)c1cccc(C)c1O)[C@@H]1CCS(=O)(=O)C1. The average molecular weight is 383 g/mol. The maximum absolute atomic E-state index is 12.6. The Morgan fingerprint density at radius 2 is 2.08 bits per heavy atom. The fraction of sp³-hybridized carbons (Fsp3) is 0.556. The van der Waals surface area contributed by atoms with Gasteiger partial charge in [-0.3, -0.25) is 4.79 Å². The zero-order valence-electron chi connectivity index (χ0n) is 15.3. The molecule has 1 aliphatic rings. The van der Waals surface area contributed by atoms with Crippen molar-refractivity contribution in [1.82, 2.24) is 4.90 Å². The monoisotopic (exact) mass is 383 g/mol. The second kappa shape index (κ2) is 8.07. The smallest absolute Gasteiger partial charge is 0.342 e. The first-order chi connectivity index (χ1) is 12.2. The van der Waals surface area contributed by atoms with Crippen molar-refractivity contribution in [3.8, 4) is 5.75 Å². The number of sulfone groups is 1. The Labute approximate surface area is 153 Å². The lowest BCUT2D eigenvalue weighted by Crippen LogP contribution is -2.48. The van der Waals surface area contributed by atoms with Gasteiger partial charge in [-0.2, -0.15) is 0 Å². The van der Waals surface area contributed by atoms with Gasteiger partial charge in [-0.1, -0.05) is 19.1 Å². The number of para-hydroxylation sites is 1. The van der Waals surface area contributed by atoms with Crippen LogP contribution in [-0.2, 0) is 19.4 Å². The van der Waals surface area contributed by atoms with Crippen molar-refractivity contribution in [2.75, 3.05) is 18.1 Å². The predicted octanol–water partition coefficient (Wildman–Crippen LogP) is 1.67. The summed E-state index contributed by atoms with van der Waals surface area (Å²) in [5.41, 5.74) is 0.527. The summed E-state index contributed by atoms with van der Waals surface area (Å²) >= 11 is 0. The molecule has 1 aromatic carbocycles. The summed E-state index contributed by atoms with van der Waals surface area (Å²) in [6, 6.07) is 4.14. The van der Waals surface area contributed by atoms with Crippen LogP contribution in [0, 0.1) is 6.92 Å². The van der Waals surface area contributed by atoms with E-state index in [0.717, 1.165) is 0 Å². The van der Waals surface area contributed by atoms with Gasteiger partial charge < -0.3 is 14.7 Å². The number of hydrogen-bond acceptors (Lipinski definition) is 6. The average Bonchev–Trinajstić information content (AvgIpc) is 2.94. The van der Waals surface area contributed by atoms with Crippen LogP contribution in [0.1, 0.15) is 42.6 Å². The van der Waals surface area contributed by atoms with Gasteiger partial charge in [0, 0.05) is 12.1 Å². The van der Waals surface area contributed by atoms with Crippen LogP contribution in [0.15, 0.2) is 18.2 Å². The van der Waals surface area contributed by atoms with E-state index in [2.05, 4.69) is 0 Å². The van der Waals surface area contributed by atoms with E-state index >= 15 is 0 Å². The predicted molar refractivity (Wildman–Crippen MR) is 96.8 cm³/mol. The van der Waals surface area contributed by atoms with Gasteiger partial charge in [0.15, 0.2) is 16.4 Å². The minimum absolute atomic E-state index is 0.00339. The highest BCUT2D eigenvalue weighted by Gasteiger charge is 2.36. The molecule has 0 saturated carbocycles. The molecule has 1 fully saturated rings. The molecule has 7 nitrogen and oxygen atoms in total. The third kappa shape index (κ3) is 4.55. The number of phenolic OH excluding ortho intramolecular Hbond substituents is 1. The van der Waals surface area contributed by atoms with E-state index in [4.69, 9.17) is 4.74 Å². The van der Waals surface area contributed by atoms with Crippen molar-refractivity contribution in [3.63, 3.8) is 0 Å². The van der Waals surface area contributed by atoms with Crippen molar-refractivity contribution in [2.24, 2.45) is 0 Å². The van der Waals surface area contributed by atoms with Gasteiger partial charge in [0.25, 0.3) is 5.91 Å². The molecule has 0 bridgehead atoms. The number of ether oxygens (including phenoxy) is 1. The van der Waals surface area contributed by atoms with Crippen LogP contribution in [-0.4, -0.2) is 60.5 Å². The number of rotatable bonds is 6. The van der Waals surface area contributed by atoms with Gasteiger partial charge in [0.1, 0.15) is 11.3 Å². The molecule has 8 heteroatoms. The molecule has 1 aliphatic heterocycles. The van der Waals surface area contributed by atoms with Gasteiger partial charge in [-0.15, -0.1) is 0 Å². The zero-order valence-corrected chi connectivity index (χ0v) is 16.1. The first kappa shape index (κ1) is 20.2. The quantitative estimate of drug-likeness (QED) is 0.750. The number of aryl methyl sites for hydroxylation is 1. The molecular weight excluding hydrogens is 358 g/mol. The summed E-state index contributed by atoms with van der Waals surface area (Å²) in [5.74, 6) is -1.39. The van der Waals surface area contributed by atoms with Crippen molar-refractivity contribution >= 4 is 21.7 Å². The van der Waals surface area contributed by atoms with Crippen molar-refractivity contribution in [3.05, 3.63) is 29.3 Å². The summed E-state index contributed by atoms with van der Waals surface area (Å²) in [4.78, 5) is 26.3. The van der Waals surface area contributed by atoms with Crippen LogP contribution < -0.4 is 0 Å². The van der Waals surface area contributed by atoms with E-state index in [-0.39, 0.29) is 28.9 Å². The van der Waals surface area contributed by atoms with Crippen molar-refractivity contribution in [1.29, 1.82) is 0 Å². The third-order valence-electron chi connectivity index (χ3n) is 4.74. The molecule has 0 unspecified atom stereocenters. The van der Waals surface area contributed by atoms with Crippen LogP contribution in [0.5, 0.6) is 5.75 Å². The number of benzene rings is 1. The van der Waals surface area contributed by atoms with Crippen LogP contribution in [0.2, 0.25) is 0 Å². The van der Waals surface area contributed by atoms with E-state index in [1.807, 2.05) is 13.8 Å². The van der Waals surface area contributed by atoms with Gasteiger partial charge in [-0.05, 0) is 38.3 Å². The Balaban J connectivity index is 2.07.